The van der Waals surface area contributed by atoms with Gasteiger partial charge in [0.15, 0.2) is 5.13 Å². The number of nitrogens with one attached hydrogen (secondary N) is 1. The molecule has 0 radical (unpaired) electrons. The number of nitrogens with zero attached hydrogens (tertiary/aromatic N) is 2. The lowest BCUT2D eigenvalue weighted by molar-refractivity contribution is -0.112. The highest BCUT2D eigenvalue weighted by Gasteiger charge is 2.12. The van der Waals surface area contributed by atoms with E-state index in [1.165, 1.54) is 17.4 Å². The van der Waals surface area contributed by atoms with E-state index in [1.54, 1.807) is 18.2 Å². The maximum absolute atomic E-state index is 12.3. The fourth-order valence-corrected chi connectivity index (χ4v) is 3.49. The highest BCUT2D eigenvalue weighted by Crippen LogP contribution is 2.27. The number of anilines is 1. The Balaban J connectivity index is 1.53. The van der Waals surface area contributed by atoms with Crippen molar-refractivity contribution in [3.63, 3.8) is 0 Å². The number of aryl methyl sites for hydroxylation is 1. The van der Waals surface area contributed by atoms with Crippen LogP contribution in [0.25, 0.3) is 6.08 Å². The molecule has 1 N–H and O–H groups in total. The standard InChI is InChI=1S/C23H20ClN3O3S/c1-16-15-31-23(26-16)27-22(28)18(14-25)12-17-8-9-21(20(24)13-17)30-11-5-10-29-19-6-3-2-4-7-19/h2-4,6-9,12-13,15H,5,10-11H2,1H3,(H,26,27,28)/b18-12-. The maximum atomic E-state index is 12.3. The number of carbonyl (C=O) groups is 1. The van der Waals surface area contributed by atoms with Crippen LogP contribution in [0.3, 0.4) is 0 Å². The summed E-state index contributed by atoms with van der Waals surface area (Å²) in [5.41, 5.74) is 1.37. The van der Waals surface area contributed by atoms with Crippen molar-refractivity contribution in [2.45, 2.75) is 13.3 Å². The molecule has 0 aliphatic rings. The molecule has 0 saturated heterocycles. The second kappa shape index (κ2) is 11.2. The molecule has 0 fully saturated rings. The number of para-hydroxylation sites is 1. The molecule has 1 aromatic heterocycles. The quantitative estimate of drug-likeness (QED) is 0.263. The Hall–Kier alpha value is -3.34. The summed E-state index contributed by atoms with van der Waals surface area (Å²) < 4.78 is 11.3. The van der Waals surface area contributed by atoms with Crippen LogP contribution in [0.15, 0.2) is 59.5 Å². The lowest BCUT2D eigenvalue weighted by Crippen LogP contribution is -2.13. The number of benzene rings is 2. The Morgan fingerprint density at radius 3 is 2.68 bits per heavy atom. The van der Waals surface area contributed by atoms with E-state index in [2.05, 4.69) is 10.3 Å². The lowest BCUT2D eigenvalue weighted by Gasteiger charge is -2.10. The Labute approximate surface area is 189 Å². The van der Waals surface area contributed by atoms with Crippen LogP contribution in [0.1, 0.15) is 17.7 Å². The van der Waals surface area contributed by atoms with Crippen LogP contribution in [0.2, 0.25) is 5.02 Å². The first-order chi connectivity index (χ1) is 15.0. The molecule has 1 heterocycles. The van der Waals surface area contributed by atoms with Gasteiger partial charge in [-0.25, -0.2) is 4.98 Å². The molecule has 0 aliphatic carbocycles. The number of ether oxygens (including phenoxy) is 2. The average Bonchev–Trinajstić information content (AvgIpc) is 3.18. The molecular formula is C23H20ClN3O3S. The Kier molecular flexibility index (Phi) is 8.05. The average molecular weight is 454 g/mol. The van der Waals surface area contributed by atoms with E-state index in [4.69, 9.17) is 21.1 Å². The molecule has 2 aromatic carbocycles. The van der Waals surface area contributed by atoms with Crippen LogP contribution in [0.5, 0.6) is 11.5 Å². The van der Waals surface area contributed by atoms with Gasteiger partial charge in [0.1, 0.15) is 23.1 Å². The summed E-state index contributed by atoms with van der Waals surface area (Å²) >= 11 is 7.60. The first-order valence-corrected chi connectivity index (χ1v) is 10.8. The molecule has 8 heteroatoms. The molecule has 0 bridgehead atoms. The highest BCUT2D eigenvalue weighted by molar-refractivity contribution is 7.13. The third-order valence-corrected chi connectivity index (χ3v) is 5.20. The van der Waals surface area contributed by atoms with Gasteiger partial charge in [-0.2, -0.15) is 5.26 Å². The normalized spacial score (nSPS) is 10.9. The molecule has 0 saturated carbocycles. The van der Waals surface area contributed by atoms with Gasteiger partial charge in [0.25, 0.3) is 5.91 Å². The number of carbonyl (C=O) groups excluding carboxylic acids is 1. The second-order valence-corrected chi connectivity index (χ2v) is 7.74. The summed E-state index contributed by atoms with van der Waals surface area (Å²) in [6, 6.07) is 16.6. The van der Waals surface area contributed by atoms with E-state index in [0.29, 0.717) is 41.1 Å². The summed E-state index contributed by atoms with van der Waals surface area (Å²) in [6.45, 7) is 2.80. The van der Waals surface area contributed by atoms with Gasteiger partial charge in [0.2, 0.25) is 0 Å². The summed E-state index contributed by atoms with van der Waals surface area (Å²) in [5.74, 6) is 0.825. The van der Waals surface area contributed by atoms with Crippen LogP contribution >= 0.6 is 22.9 Å². The minimum absolute atomic E-state index is 0.0457. The Morgan fingerprint density at radius 1 is 1.23 bits per heavy atom. The number of halogens is 1. The fourth-order valence-electron chi connectivity index (χ4n) is 2.56. The van der Waals surface area contributed by atoms with Crippen molar-refractivity contribution in [2.75, 3.05) is 18.5 Å². The van der Waals surface area contributed by atoms with E-state index in [9.17, 15) is 10.1 Å². The van der Waals surface area contributed by atoms with E-state index in [0.717, 1.165) is 11.4 Å². The van der Waals surface area contributed by atoms with E-state index < -0.39 is 5.91 Å². The molecule has 0 unspecified atom stereocenters. The van der Waals surface area contributed by atoms with Crippen LogP contribution in [-0.2, 0) is 4.79 Å². The van der Waals surface area contributed by atoms with Gasteiger partial charge in [-0.05, 0) is 42.8 Å². The molecule has 158 valence electrons. The third-order valence-electron chi connectivity index (χ3n) is 4.03. The van der Waals surface area contributed by atoms with E-state index in [-0.39, 0.29) is 5.57 Å². The van der Waals surface area contributed by atoms with Crippen LogP contribution < -0.4 is 14.8 Å². The minimum Gasteiger partial charge on any atom is -0.493 e. The van der Waals surface area contributed by atoms with Crippen molar-refractivity contribution in [1.29, 1.82) is 5.26 Å². The minimum atomic E-state index is -0.522. The van der Waals surface area contributed by atoms with Crippen molar-refractivity contribution in [3.8, 4) is 17.6 Å². The molecule has 3 rings (SSSR count). The summed E-state index contributed by atoms with van der Waals surface area (Å²) in [6.07, 6.45) is 2.17. The van der Waals surface area contributed by atoms with Crippen molar-refractivity contribution >= 4 is 40.1 Å². The third kappa shape index (κ3) is 6.85. The zero-order valence-electron chi connectivity index (χ0n) is 16.8. The van der Waals surface area contributed by atoms with Gasteiger partial charge in [0, 0.05) is 11.8 Å². The van der Waals surface area contributed by atoms with Crippen molar-refractivity contribution < 1.29 is 14.3 Å². The monoisotopic (exact) mass is 453 g/mol. The van der Waals surface area contributed by atoms with Crippen LogP contribution in [0.4, 0.5) is 5.13 Å². The van der Waals surface area contributed by atoms with Crippen molar-refractivity contribution in [2.24, 2.45) is 0 Å². The molecule has 0 spiro atoms. The van der Waals surface area contributed by atoms with Crippen LogP contribution in [0, 0.1) is 18.3 Å². The lowest BCUT2D eigenvalue weighted by atomic mass is 10.1. The maximum Gasteiger partial charge on any atom is 0.268 e. The van der Waals surface area contributed by atoms with Crippen molar-refractivity contribution in [3.05, 3.63) is 75.8 Å². The summed E-state index contributed by atoms with van der Waals surface area (Å²) in [7, 11) is 0. The molecule has 0 atom stereocenters. The number of aromatic nitrogens is 1. The number of hydrogen-bond acceptors (Lipinski definition) is 6. The SMILES string of the molecule is Cc1csc(NC(=O)/C(C#N)=C\c2ccc(OCCCOc3ccccc3)c(Cl)c2)n1. The molecule has 1 amide bonds. The van der Waals surface area contributed by atoms with Gasteiger partial charge < -0.3 is 9.47 Å². The van der Waals surface area contributed by atoms with Gasteiger partial charge in [-0.1, -0.05) is 35.9 Å². The largest absolute Gasteiger partial charge is 0.493 e. The van der Waals surface area contributed by atoms with Gasteiger partial charge in [-0.3, -0.25) is 10.1 Å². The molecule has 3 aromatic rings. The predicted octanol–water partition coefficient (Wildman–Crippen LogP) is 5.50. The van der Waals surface area contributed by atoms with E-state index in [1.807, 2.05) is 48.7 Å². The molecule has 31 heavy (non-hydrogen) atoms. The molecule has 0 aliphatic heterocycles. The van der Waals surface area contributed by atoms with Crippen molar-refractivity contribution in [1.82, 2.24) is 4.98 Å². The number of thiazole rings is 1. The number of hydrogen-bond donors (Lipinski definition) is 1. The van der Waals surface area contributed by atoms with E-state index >= 15 is 0 Å². The predicted molar refractivity (Wildman–Crippen MR) is 123 cm³/mol. The Bertz CT molecular complexity index is 1110. The zero-order chi connectivity index (χ0) is 22.1. The number of nitriles is 1. The second-order valence-electron chi connectivity index (χ2n) is 6.47. The van der Waals surface area contributed by atoms with Crippen LogP contribution in [-0.4, -0.2) is 24.1 Å². The summed E-state index contributed by atoms with van der Waals surface area (Å²) in [4.78, 5) is 16.5. The van der Waals surface area contributed by atoms with Gasteiger partial charge in [0.05, 0.1) is 23.9 Å². The van der Waals surface area contributed by atoms with Gasteiger partial charge >= 0.3 is 0 Å². The number of rotatable bonds is 9. The fraction of sp³-hybridized carbons (Fsp3) is 0.174. The molecule has 6 nitrogen and oxygen atoms in total. The topological polar surface area (TPSA) is 84.2 Å². The first-order valence-electron chi connectivity index (χ1n) is 9.50. The van der Waals surface area contributed by atoms with Gasteiger partial charge in [-0.15, -0.1) is 11.3 Å². The first kappa shape index (κ1) is 22.3. The summed E-state index contributed by atoms with van der Waals surface area (Å²) in [5, 5.41) is 14.6. The Morgan fingerprint density at radius 2 is 2.00 bits per heavy atom. The molecular weight excluding hydrogens is 434 g/mol. The number of amides is 1. The highest BCUT2D eigenvalue weighted by atomic mass is 35.5. The zero-order valence-corrected chi connectivity index (χ0v) is 18.4. The smallest absolute Gasteiger partial charge is 0.268 e.